The SMILES string of the molecule is COc1nc(C2C=CC(F)=C(C3=C(C)C(NC(=O)c4ccnn(C)c4=O)=CCC3)C2(C)Cl)cc2c1[C@@H](NC[C@@H]1CCC(=O)N1)CC2. The Labute approximate surface area is 271 Å². The van der Waals surface area contributed by atoms with Crippen LogP contribution in [0.15, 0.2) is 69.6 Å². The molecular weight excluding hydrogens is 611 g/mol. The fraction of sp³-hybridized carbons (Fsp3) is 0.441. The molecule has 3 N–H and O–H groups in total. The number of hydrogen-bond acceptors (Lipinski definition) is 7. The predicted molar refractivity (Wildman–Crippen MR) is 172 cm³/mol. The summed E-state index contributed by atoms with van der Waals surface area (Å²) in [5.41, 5.74) is 4.52. The normalized spacial score (nSPS) is 25.8. The topological polar surface area (TPSA) is 127 Å². The molecule has 2 aromatic heterocycles. The van der Waals surface area contributed by atoms with Crippen molar-refractivity contribution in [3.05, 3.63) is 97.5 Å². The Bertz CT molecular complexity index is 1790. The lowest BCUT2D eigenvalue weighted by Gasteiger charge is -2.38. The van der Waals surface area contributed by atoms with Crippen molar-refractivity contribution in [1.82, 2.24) is 30.7 Å². The van der Waals surface area contributed by atoms with E-state index in [0.29, 0.717) is 59.8 Å². The lowest BCUT2D eigenvalue weighted by Crippen LogP contribution is -2.37. The zero-order valence-electron chi connectivity index (χ0n) is 26.4. The zero-order chi connectivity index (χ0) is 32.7. The molecule has 1 saturated heterocycles. The van der Waals surface area contributed by atoms with Crippen molar-refractivity contribution in [1.29, 1.82) is 0 Å². The summed E-state index contributed by atoms with van der Waals surface area (Å²) in [6.45, 7) is 4.30. The Hall–Kier alpha value is -4.09. The van der Waals surface area contributed by atoms with Gasteiger partial charge in [0.25, 0.3) is 11.5 Å². The summed E-state index contributed by atoms with van der Waals surface area (Å²) in [5, 5.41) is 13.3. The molecule has 0 aromatic carbocycles. The van der Waals surface area contributed by atoms with Gasteiger partial charge in [-0.15, -0.1) is 11.6 Å². The quantitative estimate of drug-likeness (QED) is 0.364. The van der Waals surface area contributed by atoms with Crippen molar-refractivity contribution in [3.63, 3.8) is 0 Å². The molecule has 3 heterocycles. The third-order valence-corrected chi connectivity index (χ3v) is 9.96. The van der Waals surface area contributed by atoms with Crippen LogP contribution in [0.2, 0.25) is 0 Å². The standard InChI is InChI=1S/C34H38ClFN6O4/c1-18-21(6-5-7-25(18)40-31(44)22-14-15-38-42(3)33(22)45)30-24(36)11-10-23(34(30,2)35)27-16-19-8-12-26(29(19)32(41-27)46-4)37-17-20-9-13-28(43)39-20/h7,10-11,14-16,20,23,26,37H,5-6,8-9,12-13,17H2,1-4H3,(H,39,43)(H,40,44)/t20-,23?,26-,34?/m0/s1. The van der Waals surface area contributed by atoms with Gasteiger partial charge in [0, 0.05) is 61.0 Å². The van der Waals surface area contributed by atoms with Gasteiger partial charge in [-0.05, 0) is 80.9 Å². The monoisotopic (exact) mass is 648 g/mol. The molecule has 2 unspecified atom stereocenters. The Morgan fingerprint density at radius 3 is 2.80 bits per heavy atom. The highest BCUT2D eigenvalue weighted by Gasteiger charge is 2.44. The fourth-order valence-corrected chi connectivity index (χ4v) is 7.49. The number of fused-ring (bicyclic) bond motifs is 1. The van der Waals surface area contributed by atoms with Crippen LogP contribution >= 0.6 is 11.6 Å². The summed E-state index contributed by atoms with van der Waals surface area (Å²) < 4.78 is 22.7. The number of amides is 2. The van der Waals surface area contributed by atoms with Crippen LogP contribution in [0.5, 0.6) is 5.88 Å². The molecule has 0 bridgehead atoms. The van der Waals surface area contributed by atoms with E-state index >= 15 is 4.39 Å². The highest BCUT2D eigenvalue weighted by atomic mass is 35.5. The second kappa shape index (κ2) is 12.6. The van der Waals surface area contributed by atoms with Crippen LogP contribution in [0.3, 0.4) is 0 Å². The first-order chi connectivity index (χ1) is 22.0. The molecule has 1 fully saturated rings. The summed E-state index contributed by atoms with van der Waals surface area (Å²) in [7, 11) is 3.08. The number of carbonyl (C=O) groups is 2. The average molecular weight is 649 g/mol. The third-order valence-electron chi connectivity index (χ3n) is 9.53. The summed E-state index contributed by atoms with van der Waals surface area (Å²) in [6.07, 6.45) is 10.6. The van der Waals surface area contributed by atoms with E-state index in [0.717, 1.165) is 35.1 Å². The number of halogens is 2. The molecule has 0 spiro atoms. The van der Waals surface area contributed by atoms with Gasteiger partial charge in [-0.25, -0.2) is 14.1 Å². The van der Waals surface area contributed by atoms with E-state index in [9.17, 15) is 14.4 Å². The lowest BCUT2D eigenvalue weighted by atomic mass is 9.74. The van der Waals surface area contributed by atoms with E-state index in [1.807, 2.05) is 13.0 Å². The molecular formula is C34H38ClFN6O4. The molecule has 3 aliphatic carbocycles. The maximum atomic E-state index is 15.8. The molecule has 46 heavy (non-hydrogen) atoms. The maximum Gasteiger partial charge on any atom is 0.279 e. The van der Waals surface area contributed by atoms with Crippen molar-refractivity contribution in [3.8, 4) is 5.88 Å². The zero-order valence-corrected chi connectivity index (χ0v) is 27.1. The van der Waals surface area contributed by atoms with Crippen LogP contribution in [0, 0.1) is 0 Å². The summed E-state index contributed by atoms with van der Waals surface area (Å²) in [6, 6.07) is 3.59. The van der Waals surface area contributed by atoms with Gasteiger partial charge in [0.05, 0.1) is 17.7 Å². The molecule has 2 amide bonds. The van der Waals surface area contributed by atoms with E-state index in [1.54, 1.807) is 20.1 Å². The van der Waals surface area contributed by atoms with Gasteiger partial charge in [0.2, 0.25) is 11.8 Å². The first-order valence-electron chi connectivity index (χ1n) is 15.6. The number of ether oxygens (including phenoxy) is 1. The molecule has 242 valence electrons. The number of allylic oxidation sites excluding steroid dienone is 7. The van der Waals surface area contributed by atoms with Gasteiger partial charge in [-0.1, -0.05) is 12.2 Å². The lowest BCUT2D eigenvalue weighted by molar-refractivity contribution is -0.119. The summed E-state index contributed by atoms with van der Waals surface area (Å²) in [5.74, 6) is -0.860. The molecule has 0 saturated carbocycles. The molecule has 4 atom stereocenters. The van der Waals surface area contributed by atoms with Crippen LogP contribution in [0.4, 0.5) is 4.39 Å². The van der Waals surface area contributed by atoms with Crippen molar-refractivity contribution in [2.45, 2.75) is 75.2 Å². The van der Waals surface area contributed by atoms with E-state index in [-0.39, 0.29) is 23.6 Å². The Morgan fingerprint density at radius 1 is 1.26 bits per heavy atom. The van der Waals surface area contributed by atoms with Gasteiger partial charge < -0.3 is 20.7 Å². The van der Waals surface area contributed by atoms with Crippen molar-refractivity contribution >= 4 is 23.4 Å². The first-order valence-corrected chi connectivity index (χ1v) is 16.0. The maximum absolute atomic E-state index is 15.8. The minimum Gasteiger partial charge on any atom is -0.481 e. The summed E-state index contributed by atoms with van der Waals surface area (Å²) >= 11 is 7.36. The van der Waals surface area contributed by atoms with Gasteiger partial charge in [-0.2, -0.15) is 5.10 Å². The van der Waals surface area contributed by atoms with Gasteiger partial charge in [-0.3, -0.25) is 14.4 Å². The number of methoxy groups -OCH3 is 1. The highest BCUT2D eigenvalue weighted by Crippen LogP contribution is 2.51. The largest absolute Gasteiger partial charge is 0.481 e. The number of nitrogens with one attached hydrogen (secondary N) is 3. The van der Waals surface area contributed by atoms with E-state index < -0.39 is 28.1 Å². The third kappa shape index (κ3) is 5.82. The Kier molecular flexibility index (Phi) is 8.73. The number of nitrogens with zero attached hydrogens (tertiary/aromatic N) is 3. The first kappa shape index (κ1) is 31.9. The van der Waals surface area contributed by atoms with Crippen LogP contribution in [-0.4, -0.2) is 51.1 Å². The van der Waals surface area contributed by atoms with Crippen LogP contribution in [0.1, 0.15) is 85.1 Å². The van der Waals surface area contributed by atoms with E-state index in [4.69, 9.17) is 21.3 Å². The van der Waals surface area contributed by atoms with Crippen molar-refractivity contribution < 1.29 is 18.7 Å². The molecule has 2 aromatic rings. The second-order valence-corrected chi connectivity index (χ2v) is 13.2. The number of rotatable bonds is 8. The van der Waals surface area contributed by atoms with Crippen LogP contribution < -0.4 is 26.2 Å². The number of hydrogen-bond donors (Lipinski definition) is 3. The number of aryl methyl sites for hydroxylation is 2. The number of pyridine rings is 1. The second-order valence-electron chi connectivity index (χ2n) is 12.5. The summed E-state index contributed by atoms with van der Waals surface area (Å²) in [4.78, 5) is 40.9. The van der Waals surface area contributed by atoms with Gasteiger partial charge in [0.1, 0.15) is 11.4 Å². The highest BCUT2D eigenvalue weighted by molar-refractivity contribution is 6.27. The molecule has 12 heteroatoms. The average Bonchev–Trinajstić information content (AvgIpc) is 3.63. The van der Waals surface area contributed by atoms with Crippen molar-refractivity contribution in [2.75, 3.05) is 13.7 Å². The molecule has 6 rings (SSSR count). The fourth-order valence-electron chi connectivity index (χ4n) is 7.10. The Morgan fingerprint density at radius 2 is 2.07 bits per heavy atom. The minimum atomic E-state index is -1.20. The minimum absolute atomic E-state index is 0.0362. The number of aromatic nitrogens is 3. The predicted octanol–water partition coefficient (Wildman–Crippen LogP) is 4.34. The number of alkyl halides is 1. The smallest absolute Gasteiger partial charge is 0.279 e. The molecule has 1 aliphatic heterocycles. The van der Waals surface area contributed by atoms with Gasteiger partial charge in [0.15, 0.2) is 0 Å². The molecule has 0 radical (unpaired) electrons. The van der Waals surface area contributed by atoms with E-state index in [2.05, 4.69) is 27.1 Å². The van der Waals surface area contributed by atoms with Crippen LogP contribution in [0.25, 0.3) is 0 Å². The van der Waals surface area contributed by atoms with E-state index in [1.165, 1.54) is 25.4 Å². The van der Waals surface area contributed by atoms with Gasteiger partial charge >= 0.3 is 0 Å². The van der Waals surface area contributed by atoms with Crippen molar-refractivity contribution in [2.24, 2.45) is 7.05 Å². The Balaban J connectivity index is 1.27. The number of carbonyl (C=O) groups excluding carboxylic acids is 2. The molecule has 10 nitrogen and oxygen atoms in total. The molecule has 4 aliphatic rings. The van der Waals surface area contributed by atoms with Crippen LogP contribution in [-0.2, 0) is 18.3 Å².